The predicted molar refractivity (Wildman–Crippen MR) is 232 cm³/mol. The van der Waals surface area contributed by atoms with Gasteiger partial charge in [0.15, 0.2) is 8.67 Å². The van der Waals surface area contributed by atoms with Crippen LogP contribution >= 0.6 is 116 Å². The molecule has 0 aromatic rings. The number of hydrogen-bond acceptors (Lipinski definition) is 4. The Balaban J connectivity index is 0. The maximum absolute atomic E-state index is 11.6. The highest BCUT2D eigenvalue weighted by molar-refractivity contribution is 6.70. The van der Waals surface area contributed by atoms with Gasteiger partial charge >= 0.3 is 11.9 Å². The van der Waals surface area contributed by atoms with E-state index in [1.807, 2.05) is 0 Å². The van der Waals surface area contributed by atoms with Crippen LogP contribution in [0.25, 0.3) is 0 Å². The van der Waals surface area contributed by atoms with Crippen LogP contribution in [0, 0.1) is 0 Å². The van der Waals surface area contributed by atoms with Gasteiger partial charge in [0.2, 0.25) is 8.67 Å². The van der Waals surface area contributed by atoms with Crippen LogP contribution in [0.2, 0.25) is 0 Å². The number of carbonyl (C=O) groups is 2. The van der Waals surface area contributed by atoms with E-state index in [0.717, 1.165) is 38.5 Å². The summed E-state index contributed by atoms with van der Waals surface area (Å²) < 4.78 is 1.24. The van der Waals surface area contributed by atoms with Crippen LogP contribution in [0.3, 0.4) is 0 Å². The molecule has 0 fully saturated rings. The molecule has 14 heteroatoms. The number of methoxy groups -OCH3 is 2. The first-order valence-electron chi connectivity index (χ1n) is 19.4. The summed E-state index contributed by atoms with van der Waals surface area (Å²) >= 11 is 61.0. The van der Waals surface area contributed by atoms with Gasteiger partial charge in [-0.15, -0.1) is 23.2 Å². The van der Waals surface area contributed by atoms with Crippen molar-refractivity contribution >= 4 is 128 Å². The fourth-order valence-corrected chi connectivity index (χ4v) is 8.05. The molecule has 0 aliphatic heterocycles. The van der Waals surface area contributed by atoms with Gasteiger partial charge in [-0.05, 0) is 12.8 Å². The van der Waals surface area contributed by atoms with Crippen molar-refractivity contribution in [1.29, 1.82) is 0 Å². The van der Waals surface area contributed by atoms with Crippen molar-refractivity contribution in [1.82, 2.24) is 0 Å². The third kappa shape index (κ3) is 23.3. The van der Waals surface area contributed by atoms with Crippen molar-refractivity contribution in [2.24, 2.45) is 0 Å². The first-order chi connectivity index (χ1) is 24.4. The number of esters is 2. The zero-order chi connectivity index (χ0) is 40.1. The number of hydrogen-bond donors (Lipinski definition) is 0. The standard InChI is InChI=1S/2C19H33Cl5O2/c2*1-3-4-5-6-7-8-9-10-11-12-13-14-15-16(20)18(21,22)19(23,24)17(25)26-2/h2*16H,3-15H2,1-2H3. The van der Waals surface area contributed by atoms with Crippen molar-refractivity contribution in [3.8, 4) is 0 Å². The molecule has 0 saturated heterocycles. The molecule has 0 rings (SSSR count). The first kappa shape index (κ1) is 55.9. The van der Waals surface area contributed by atoms with E-state index in [0.29, 0.717) is 12.8 Å². The van der Waals surface area contributed by atoms with Crippen LogP contribution in [0.5, 0.6) is 0 Å². The van der Waals surface area contributed by atoms with Crippen LogP contribution in [0.1, 0.15) is 181 Å². The smallest absolute Gasteiger partial charge is 0.345 e. The summed E-state index contributed by atoms with van der Waals surface area (Å²) in [6.07, 6.45) is 31.1. The Morgan fingerprint density at radius 3 is 0.788 bits per heavy atom. The largest absolute Gasteiger partial charge is 0.467 e. The molecule has 0 N–H and O–H groups in total. The Labute approximate surface area is 367 Å². The van der Waals surface area contributed by atoms with E-state index < -0.39 is 40.0 Å². The summed E-state index contributed by atoms with van der Waals surface area (Å²) in [6, 6.07) is 0. The second kappa shape index (κ2) is 32.8. The number of halogens is 10. The minimum absolute atomic E-state index is 0.532. The summed E-state index contributed by atoms with van der Waals surface area (Å²) in [7, 11) is 2.33. The minimum atomic E-state index is -2.10. The third-order valence-electron chi connectivity index (χ3n) is 9.13. The molecule has 0 saturated carbocycles. The molecule has 0 aliphatic carbocycles. The van der Waals surface area contributed by atoms with Gasteiger partial charge in [-0.2, -0.15) is 0 Å². The van der Waals surface area contributed by atoms with Crippen LogP contribution < -0.4 is 0 Å². The quantitative estimate of drug-likeness (QED) is 0.0383. The van der Waals surface area contributed by atoms with Crippen molar-refractivity contribution < 1.29 is 19.1 Å². The molecule has 0 amide bonds. The summed E-state index contributed by atoms with van der Waals surface area (Å²) in [6.45, 7) is 4.49. The molecule has 0 aliphatic rings. The van der Waals surface area contributed by atoms with Gasteiger partial charge in [-0.1, -0.05) is 261 Å². The van der Waals surface area contributed by atoms with E-state index in [1.165, 1.54) is 130 Å². The van der Waals surface area contributed by atoms with Crippen LogP contribution in [0.15, 0.2) is 0 Å². The monoisotopic (exact) mass is 936 g/mol. The molecular weight excluding hydrogens is 875 g/mol. The Kier molecular flexibility index (Phi) is 35.2. The van der Waals surface area contributed by atoms with Gasteiger partial charge in [-0.3, -0.25) is 0 Å². The lowest BCUT2D eigenvalue weighted by Gasteiger charge is -2.33. The normalized spacial score (nSPS) is 13.7. The molecule has 0 aromatic heterocycles. The van der Waals surface area contributed by atoms with Crippen LogP contribution in [0.4, 0.5) is 0 Å². The SMILES string of the molecule is CCCCCCCCCCCCCCC(Cl)C(Cl)(Cl)C(Cl)(Cl)C(=O)OC.CCCCCCCCCCCCCCC(Cl)C(Cl)(Cl)C(Cl)(Cl)C(=O)OC. The van der Waals surface area contributed by atoms with E-state index in [-0.39, 0.29) is 0 Å². The molecular formula is C38H66Cl10O4. The van der Waals surface area contributed by atoms with Crippen LogP contribution in [-0.2, 0) is 19.1 Å². The first-order valence-corrected chi connectivity index (χ1v) is 23.3. The summed E-state index contributed by atoms with van der Waals surface area (Å²) in [4.78, 5) is 23.3. The van der Waals surface area contributed by atoms with Gasteiger partial charge in [-0.25, -0.2) is 9.59 Å². The van der Waals surface area contributed by atoms with Gasteiger partial charge in [0.05, 0.1) is 25.0 Å². The molecule has 0 radical (unpaired) electrons. The maximum Gasteiger partial charge on any atom is 0.345 e. The van der Waals surface area contributed by atoms with E-state index in [1.54, 1.807) is 0 Å². The number of unbranched alkanes of at least 4 members (excludes halogenated alkanes) is 22. The van der Waals surface area contributed by atoms with Crippen molar-refractivity contribution in [2.45, 2.75) is 209 Å². The molecule has 0 bridgehead atoms. The fraction of sp³-hybridized carbons (Fsp3) is 0.947. The van der Waals surface area contributed by atoms with Gasteiger partial charge < -0.3 is 9.47 Å². The predicted octanol–water partition coefficient (Wildman–Crippen LogP) is 16.4. The summed E-state index contributed by atoms with van der Waals surface area (Å²) in [5.41, 5.74) is 0. The van der Waals surface area contributed by atoms with Crippen molar-refractivity contribution in [2.75, 3.05) is 14.2 Å². The number of alkyl halides is 10. The van der Waals surface area contributed by atoms with E-state index in [9.17, 15) is 9.59 Å². The number of ether oxygens (including phenoxy) is 2. The summed E-state index contributed by atoms with van der Waals surface area (Å²) in [5.74, 6) is -1.82. The number of carbonyl (C=O) groups excluding carboxylic acids is 2. The number of rotatable bonds is 32. The molecule has 0 heterocycles. The van der Waals surface area contributed by atoms with Gasteiger partial charge in [0.25, 0.3) is 0 Å². The highest BCUT2D eigenvalue weighted by atomic mass is 35.6. The lowest BCUT2D eigenvalue weighted by molar-refractivity contribution is -0.142. The van der Waals surface area contributed by atoms with Gasteiger partial charge in [0, 0.05) is 0 Å². The average molecular weight is 941 g/mol. The second-order valence-corrected chi connectivity index (χ2v) is 20.1. The lowest BCUT2D eigenvalue weighted by atomic mass is 10.0. The molecule has 2 unspecified atom stereocenters. The zero-order valence-corrected chi connectivity index (χ0v) is 39.5. The molecule has 0 spiro atoms. The maximum atomic E-state index is 11.6. The Morgan fingerprint density at radius 2 is 0.596 bits per heavy atom. The Hall–Kier alpha value is 1.84. The second-order valence-electron chi connectivity index (χ2n) is 13.7. The lowest BCUT2D eigenvalue weighted by Crippen LogP contribution is -2.49. The van der Waals surface area contributed by atoms with Crippen molar-refractivity contribution in [3.63, 3.8) is 0 Å². The van der Waals surface area contributed by atoms with Gasteiger partial charge in [0.1, 0.15) is 0 Å². The average Bonchev–Trinajstić information content (AvgIpc) is 3.11. The van der Waals surface area contributed by atoms with E-state index in [4.69, 9.17) is 116 Å². The van der Waals surface area contributed by atoms with Crippen molar-refractivity contribution in [3.05, 3.63) is 0 Å². The fourth-order valence-electron chi connectivity index (χ4n) is 5.61. The topological polar surface area (TPSA) is 52.6 Å². The third-order valence-corrected chi connectivity index (χ3v) is 15.4. The Bertz CT molecular complexity index is 820. The molecule has 52 heavy (non-hydrogen) atoms. The Morgan fingerprint density at radius 1 is 0.404 bits per heavy atom. The molecule has 0 aromatic carbocycles. The zero-order valence-electron chi connectivity index (χ0n) is 32.0. The van der Waals surface area contributed by atoms with E-state index >= 15 is 0 Å². The molecule has 2 atom stereocenters. The summed E-state index contributed by atoms with van der Waals surface area (Å²) in [5, 5.41) is -1.49. The highest BCUT2D eigenvalue weighted by Crippen LogP contribution is 2.50. The van der Waals surface area contributed by atoms with E-state index in [2.05, 4.69) is 23.3 Å². The highest BCUT2D eigenvalue weighted by Gasteiger charge is 2.58. The molecule has 4 nitrogen and oxygen atoms in total. The minimum Gasteiger partial charge on any atom is -0.467 e. The van der Waals surface area contributed by atoms with Crippen LogP contribution in [-0.4, -0.2) is 54.2 Å². The molecule has 312 valence electrons.